The van der Waals surface area contributed by atoms with Crippen molar-refractivity contribution >= 4 is 40.9 Å². The predicted molar refractivity (Wildman–Crippen MR) is 134 cm³/mol. The summed E-state index contributed by atoms with van der Waals surface area (Å²) in [5, 5.41) is 0.582. The smallest absolute Gasteiger partial charge is 0.417 e. The Morgan fingerprint density at radius 3 is 2.63 bits per heavy atom. The fourth-order valence-electron chi connectivity index (χ4n) is 4.08. The number of cyclic esters (lactones) is 1. The van der Waals surface area contributed by atoms with Gasteiger partial charge in [0.1, 0.15) is 6.61 Å². The van der Waals surface area contributed by atoms with Gasteiger partial charge in [0.25, 0.3) is 5.56 Å². The molecule has 38 heavy (non-hydrogen) atoms. The Bertz CT molecular complexity index is 1560. The molecule has 8 nitrogen and oxygen atoms in total. The highest BCUT2D eigenvalue weighted by atomic mass is 35.5. The lowest BCUT2D eigenvalue weighted by Crippen LogP contribution is -2.26. The van der Waals surface area contributed by atoms with Gasteiger partial charge in [-0.3, -0.25) is 14.7 Å². The lowest BCUT2D eigenvalue weighted by molar-refractivity contribution is -0.137. The van der Waals surface area contributed by atoms with Crippen LogP contribution in [0.25, 0.3) is 22.0 Å². The maximum atomic E-state index is 13.5. The molecule has 1 N–H and O–H groups in total. The van der Waals surface area contributed by atoms with Crippen molar-refractivity contribution in [3.05, 3.63) is 94.5 Å². The monoisotopic (exact) mass is 545 g/mol. The number of carbonyl (C=O) groups excluding carboxylic acids is 2. The van der Waals surface area contributed by atoms with Gasteiger partial charge in [0, 0.05) is 34.7 Å². The number of fused-ring (bicyclic) bond motifs is 1. The molecule has 1 aliphatic rings. The zero-order valence-corrected chi connectivity index (χ0v) is 20.2. The van der Waals surface area contributed by atoms with E-state index in [1.54, 1.807) is 24.3 Å². The van der Waals surface area contributed by atoms with E-state index in [0.717, 1.165) is 6.07 Å². The van der Waals surface area contributed by atoms with E-state index in [0.29, 0.717) is 11.1 Å². The van der Waals surface area contributed by atoms with Crippen molar-refractivity contribution in [1.29, 1.82) is 0 Å². The molecule has 0 aliphatic carbocycles. The number of hydrogen-bond donors (Lipinski definition) is 1. The van der Waals surface area contributed by atoms with Gasteiger partial charge >= 0.3 is 18.2 Å². The van der Waals surface area contributed by atoms with Crippen LogP contribution in [0.4, 0.5) is 23.7 Å². The molecule has 0 unspecified atom stereocenters. The largest absolute Gasteiger partial charge is 0.458 e. The normalized spacial score (nSPS) is 15.2. The fraction of sp³-hybridized carbons (Fsp3) is 0.154. The topological polar surface area (TPSA) is 102 Å². The van der Waals surface area contributed by atoms with Crippen LogP contribution in [0, 0.1) is 0 Å². The Morgan fingerprint density at radius 2 is 1.89 bits per heavy atom. The van der Waals surface area contributed by atoms with E-state index in [1.807, 2.05) is 0 Å². The number of rotatable bonds is 5. The molecule has 0 radical (unpaired) electrons. The molecular weight excluding hydrogens is 527 g/mol. The number of pyridine rings is 2. The second-order valence-corrected chi connectivity index (χ2v) is 8.28. The van der Waals surface area contributed by atoms with Crippen molar-refractivity contribution in [2.75, 3.05) is 18.1 Å². The number of alkyl halides is 3. The first-order valence-corrected chi connectivity index (χ1v) is 11.1. The van der Waals surface area contributed by atoms with Crippen LogP contribution in [0.5, 0.6) is 0 Å². The summed E-state index contributed by atoms with van der Waals surface area (Å²) in [4.78, 5) is 45.0. The standard InChI is InChI=1S/C26H18F3N3O5.ClH/c27-26(28,29)21-6-2-1-5-19(21)22-10-15-7-8-17(11-20(15)23(33)31-22)32-13-18(37-25(32)35)14-36-24(34)16-4-3-9-30-12-16;/h1-12,18H,13-14H2,(H,31,33);1H/t18-;/m0./s1. The first-order valence-electron chi connectivity index (χ1n) is 11.1. The number of carbonyl (C=O) groups is 2. The van der Waals surface area contributed by atoms with Crippen LogP contribution in [0.1, 0.15) is 15.9 Å². The van der Waals surface area contributed by atoms with Gasteiger partial charge in [-0.2, -0.15) is 13.2 Å². The third kappa shape index (κ3) is 5.32. The van der Waals surface area contributed by atoms with Crippen molar-refractivity contribution in [3.63, 3.8) is 0 Å². The van der Waals surface area contributed by atoms with E-state index in [4.69, 9.17) is 9.47 Å². The van der Waals surface area contributed by atoms with Crippen LogP contribution in [0.2, 0.25) is 0 Å². The van der Waals surface area contributed by atoms with Gasteiger partial charge in [0.2, 0.25) is 0 Å². The average Bonchev–Trinajstić information content (AvgIpc) is 3.27. The number of benzene rings is 2. The number of halogens is 4. The van der Waals surface area contributed by atoms with Crippen LogP contribution in [-0.4, -0.2) is 41.3 Å². The molecule has 0 spiro atoms. The number of ether oxygens (including phenoxy) is 2. The molecule has 1 aliphatic heterocycles. The van der Waals surface area contributed by atoms with E-state index in [2.05, 4.69) is 9.97 Å². The van der Waals surface area contributed by atoms with Crippen LogP contribution >= 0.6 is 12.4 Å². The number of nitrogens with zero attached hydrogens (tertiary/aromatic N) is 2. The lowest BCUT2D eigenvalue weighted by Gasteiger charge is -2.15. The number of hydrogen-bond acceptors (Lipinski definition) is 6. The maximum absolute atomic E-state index is 13.5. The molecule has 0 bridgehead atoms. The molecule has 2 aromatic heterocycles. The SMILES string of the molecule is Cl.O=C(OC[C@@H]1CN(c2ccc3cc(-c4ccccc4C(F)(F)F)[nH]c(=O)c3c2)C(=O)O1)c1cccnc1. The number of aromatic amines is 1. The second kappa shape index (κ2) is 10.5. The molecule has 2 aromatic carbocycles. The Balaban J connectivity index is 0.00000336. The molecule has 1 saturated heterocycles. The van der Waals surface area contributed by atoms with Crippen LogP contribution in [0.15, 0.2) is 77.9 Å². The van der Waals surface area contributed by atoms with Gasteiger partial charge in [-0.1, -0.05) is 24.3 Å². The molecule has 5 rings (SSSR count). The third-order valence-corrected chi connectivity index (χ3v) is 5.84. The number of amides is 1. The zero-order valence-electron chi connectivity index (χ0n) is 19.4. The van der Waals surface area contributed by atoms with Crippen molar-refractivity contribution in [2.45, 2.75) is 12.3 Å². The third-order valence-electron chi connectivity index (χ3n) is 5.84. The van der Waals surface area contributed by atoms with E-state index < -0.39 is 35.5 Å². The number of esters is 1. The highest BCUT2D eigenvalue weighted by molar-refractivity contribution is 5.95. The zero-order chi connectivity index (χ0) is 26.2. The van der Waals surface area contributed by atoms with Gasteiger partial charge < -0.3 is 14.5 Å². The van der Waals surface area contributed by atoms with E-state index >= 15 is 0 Å². The molecule has 1 atom stereocenters. The minimum absolute atomic E-state index is 0. The van der Waals surface area contributed by atoms with E-state index in [9.17, 15) is 27.6 Å². The number of nitrogens with one attached hydrogen (secondary N) is 1. The highest BCUT2D eigenvalue weighted by Gasteiger charge is 2.35. The van der Waals surface area contributed by atoms with Crippen molar-refractivity contribution in [2.24, 2.45) is 0 Å². The summed E-state index contributed by atoms with van der Waals surface area (Å²) in [5.74, 6) is -0.609. The number of anilines is 1. The minimum Gasteiger partial charge on any atom is -0.458 e. The van der Waals surface area contributed by atoms with Crippen molar-refractivity contribution < 1.29 is 32.2 Å². The van der Waals surface area contributed by atoms with Gasteiger partial charge in [0.15, 0.2) is 6.10 Å². The first kappa shape index (κ1) is 26.7. The molecular formula is C26H19ClF3N3O5. The first-order chi connectivity index (χ1) is 17.7. The Kier molecular flexibility index (Phi) is 7.40. The van der Waals surface area contributed by atoms with Crippen molar-refractivity contribution in [1.82, 2.24) is 9.97 Å². The molecule has 1 amide bonds. The van der Waals surface area contributed by atoms with E-state index in [-0.39, 0.29) is 47.8 Å². The molecule has 0 saturated carbocycles. The van der Waals surface area contributed by atoms with Crippen LogP contribution in [0.3, 0.4) is 0 Å². The van der Waals surface area contributed by atoms with E-state index in [1.165, 1.54) is 47.6 Å². The average molecular weight is 546 g/mol. The van der Waals surface area contributed by atoms with Crippen LogP contribution < -0.4 is 10.5 Å². The van der Waals surface area contributed by atoms with Crippen LogP contribution in [-0.2, 0) is 15.7 Å². The Labute approximate surface area is 219 Å². The number of aromatic nitrogens is 2. The maximum Gasteiger partial charge on any atom is 0.417 e. The summed E-state index contributed by atoms with van der Waals surface area (Å²) in [6, 6.07) is 14.1. The molecule has 3 heterocycles. The molecule has 12 heteroatoms. The summed E-state index contributed by atoms with van der Waals surface area (Å²) < 4.78 is 50.9. The Hall–Kier alpha value is -4.38. The quantitative estimate of drug-likeness (QED) is 0.345. The van der Waals surface area contributed by atoms with Gasteiger partial charge in [0.05, 0.1) is 17.7 Å². The summed E-state index contributed by atoms with van der Waals surface area (Å²) >= 11 is 0. The van der Waals surface area contributed by atoms with Gasteiger partial charge in [-0.05, 0) is 41.8 Å². The summed E-state index contributed by atoms with van der Waals surface area (Å²) in [6.45, 7) is -0.105. The predicted octanol–water partition coefficient (Wildman–Crippen LogP) is 5.21. The molecule has 1 fully saturated rings. The lowest BCUT2D eigenvalue weighted by atomic mass is 10.0. The van der Waals surface area contributed by atoms with Gasteiger partial charge in [-0.15, -0.1) is 12.4 Å². The highest BCUT2D eigenvalue weighted by Crippen LogP contribution is 2.36. The fourth-order valence-corrected chi connectivity index (χ4v) is 4.08. The number of H-pyrrole nitrogens is 1. The second-order valence-electron chi connectivity index (χ2n) is 8.28. The molecule has 4 aromatic rings. The van der Waals surface area contributed by atoms with Crippen molar-refractivity contribution in [3.8, 4) is 11.3 Å². The molecule has 196 valence electrons. The van der Waals surface area contributed by atoms with Gasteiger partial charge in [-0.25, -0.2) is 9.59 Å². The summed E-state index contributed by atoms with van der Waals surface area (Å²) in [7, 11) is 0. The summed E-state index contributed by atoms with van der Waals surface area (Å²) in [6.07, 6.45) is -3.14. The minimum atomic E-state index is -4.59. The summed E-state index contributed by atoms with van der Waals surface area (Å²) in [5.41, 5.74) is -0.987. The Morgan fingerprint density at radius 1 is 1.11 bits per heavy atom.